The fraction of sp³-hybridized carbons (Fsp3) is 0.294. The summed E-state index contributed by atoms with van der Waals surface area (Å²) in [7, 11) is 0. The first-order chi connectivity index (χ1) is 9.25. The maximum absolute atomic E-state index is 3.76. The second kappa shape index (κ2) is 5.48. The summed E-state index contributed by atoms with van der Waals surface area (Å²) in [5.74, 6) is 0. The van der Waals surface area contributed by atoms with Gasteiger partial charge >= 0.3 is 0 Å². The lowest BCUT2D eigenvalue weighted by atomic mass is 10.0. The highest BCUT2D eigenvalue weighted by Crippen LogP contribution is 2.33. The van der Waals surface area contributed by atoms with Gasteiger partial charge in [-0.05, 0) is 42.5 Å². The maximum atomic E-state index is 3.76. The van der Waals surface area contributed by atoms with Gasteiger partial charge in [-0.2, -0.15) is 0 Å². The molecule has 0 bridgehead atoms. The molecule has 0 amide bonds. The fourth-order valence-corrected chi connectivity index (χ4v) is 3.58. The molecule has 0 saturated heterocycles. The van der Waals surface area contributed by atoms with Gasteiger partial charge in [0.2, 0.25) is 0 Å². The molecule has 2 heteroatoms. The molecule has 3 rings (SSSR count). The lowest BCUT2D eigenvalue weighted by Gasteiger charge is -2.21. The topological polar surface area (TPSA) is 12.0 Å². The van der Waals surface area contributed by atoms with Crippen LogP contribution < -0.4 is 5.32 Å². The van der Waals surface area contributed by atoms with Crippen molar-refractivity contribution in [2.24, 2.45) is 0 Å². The first kappa shape index (κ1) is 12.9. The molecule has 0 heterocycles. The van der Waals surface area contributed by atoms with Crippen LogP contribution in [0.4, 0.5) is 0 Å². The number of aryl methyl sites for hydroxylation is 1. The summed E-state index contributed by atoms with van der Waals surface area (Å²) >= 11 is 3.64. The zero-order valence-electron chi connectivity index (χ0n) is 11.1. The molecule has 2 atom stereocenters. The molecule has 2 aromatic rings. The Labute approximate surface area is 123 Å². The zero-order chi connectivity index (χ0) is 13.2. The SMILES string of the molecule is C[C@@H](NC1CCc2ccccc21)c1ccccc1Br. The van der Waals surface area contributed by atoms with Gasteiger partial charge in [0, 0.05) is 16.6 Å². The fourth-order valence-electron chi connectivity index (χ4n) is 2.95. The van der Waals surface area contributed by atoms with Crippen molar-refractivity contribution >= 4 is 15.9 Å². The number of rotatable bonds is 3. The number of nitrogens with one attached hydrogen (secondary N) is 1. The zero-order valence-corrected chi connectivity index (χ0v) is 12.7. The standard InChI is InChI=1S/C17H18BrN/c1-12(14-7-4-5-9-16(14)18)19-17-11-10-13-6-2-3-8-15(13)17/h2-9,12,17,19H,10-11H2,1H3/t12-,17?/m1/s1. The Kier molecular flexibility index (Phi) is 3.72. The van der Waals surface area contributed by atoms with Gasteiger partial charge in [-0.15, -0.1) is 0 Å². The number of hydrogen-bond donors (Lipinski definition) is 1. The van der Waals surface area contributed by atoms with E-state index in [2.05, 4.69) is 76.7 Å². The predicted octanol–water partition coefficient (Wildman–Crippen LogP) is 4.79. The van der Waals surface area contributed by atoms with Crippen molar-refractivity contribution in [1.29, 1.82) is 0 Å². The van der Waals surface area contributed by atoms with E-state index in [9.17, 15) is 0 Å². The molecule has 0 aliphatic heterocycles. The summed E-state index contributed by atoms with van der Waals surface area (Å²) in [5, 5.41) is 3.76. The lowest BCUT2D eigenvalue weighted by molar-refractivity contribution is 0.464. The first-order valence-corrected chi connectivity index (χ1v) is 7.63. The van der Waals surface area contributed by atoms with E-state index in [1.54, 1.807) is 0 Å². The molecule has 0 fully saturated rings. The van der Waals surface area contributed by atoms with Crippen molar-refractivity contribution < 1.29 is 0 Å². The van der Waals surface area contributed by atoms with E-state index in [0.717, 1.165) is 0 Å². The molecular formula is C17H18BrN. The van der Waals surface area contributed by atoms with Crippen LogP contribution >= 0.6 is 15.9 Å². The Balaban J connectivity index is 1.78. The van der Waals surface area contributed by atoms with E-state index in [-0.39, 0.29) is 0 Å². The summed E-state index contributed by atoms with van der Waals surface area (Å²) in [4.78, 5) is 0. The predicted molar refractivity (Wildman–Crippen MR) is 83.2 cm³/mol. The smallest absolute Gasteiger partial charge is 0.0331 e. The molecule has 1 nitrogen and oxygen atoms in total. The van der Waals surface area contributed by atoms with Crippen molar-refractivity contribution in [3.05, 3.63) is 69.7 Å². The third-order valence-electron chi connectivity index (χ3n) is 3.96. The minimum absolute atomic E-state index is 0.353. The normalized spacial score (nSPS) is 19.2. The van der Waals surface area contributed by atoms with Crippen LogP contribution in [-0.2, 0) is 6.42 Å². The van der Waals surface area contributed by atoms with E-state index >= 15 is 0 Å². The Morgan fingerprint density at radius 3 is 2.68 bits per heavy atom. The minimum Gasteiger partial charge on any atom is -0.303 e. The van der Waals surface area contributed by atoms with Gasteiger partial charge in [-0.25, -0.2) is 0 Å². The molecule has 0 saturated carbocycles. The summed E-state index contributed by atoms with van der Waals surface area (Å²) < 4.78 is 1.18. The van der Waals surface area contributed by atoms with Gasteiger partial charge in [0.1, 0.15) is 0 Å². The third kappa shape index (κ3) is 2.60. The van der Waals surface area contributed by atoms with Crippen LogP contribution in [0.15, 0.2) is 53.0 Å². The Morgan fingerprint density at radius 1 is 1.11 bits per heavy atom. The van der Waals surface area contributed by atoms with Crippen LogP contribution in [0.2, 0.25) is 0 Å². The van der Waals surface area contributed by atoms with Gasteiger partial charge in [0.15, 0.2) is 0 Å². The van der Waals surface area contributed by atoms with Crippen LogP contribution in [0.5, 0.6) is 0 Å². The summed E-state index contributed by atoms with van der Waals surface area (Å²) in [6.45, 7) is 2.24. The molecule has 0 radical (unpaired) electrons. The highest BCUT2D eigenvalue weighted by atomic mass is 79.9. The minimum atomic E-state index is 0.353. The quantitative estimate of drug-likeness (QED) is 0.859. The molecule has 0 spiro atoms. The summed E-state index contributed by atoms with van der Waals surface area (Å²) in [6, 6.07) is 18.1. The second-order valence-electron chi connectivity index (χ2n) is 5.20. The van der Waals surface area contributed by atoms with Crippen molar-refractivity contribution in [1.82, 2.24) is 5.32 Å². The van der Waals surface area contributed by atoms with Crippen LogP contribution in [0.1, 0.15) is 42.1 Å². The number of hydrogen-bond acceptors (Lipinski definition) is 1. The van der Waals surface area contributed by atoms with Crippen molar-refractivity contribution in [2.45, 2.75) is 31.8 Å². The molecule has 1 unspecified atom stereocenters. The van der Waals surface area contributed by atoms with Gasteiger partial charge < -0.3 is 5.32 Å². The van der Waals surface area contributed by atoms with E-state index in [1.807, 2.05) is 0 Å². The third-order valence-corrected chi connectivity index (χ3v) is 4.68. The molecule has 2 aromatic carbocycles. The van der Waals surface area contributed by atoms with Crippen molar-refractivity contribution in [2.75, 3.05) is 0 Å². The highest BCUT2D eigenvalue weighted by Gasteiger charge is 2.23. The maximum Gasteiger partial charge on any atom is 0.0331 e. The summed E-state index contributed by atoms with van der Waals surface area (Å²) in [5.41, 5.74) is 4.30. The average Bonchev–Trinajstić information content (AvgIpc) is 2.83. The molecule has 1 aliphatic carbocycles. The van der Waals surface area contributed by atoms with E-state index < -0.39 is 0 Å². The lowest BCUT2D eigenvalue weighted by Crippen LogP contribution is -2.23. The van der Waals surface area contributed by atoms with E-state index in [1.165, 1.54) is 34.0 Å². The van der Waals surface area contributed by atoms with E-state index in [4.69, 9.17) is 0 Å². The molecular weight excluding hydrogens is 298 g/mol. The molecule has 1 N–H and O–H groups in total. The first-order valence-electron chi connectivity index (χ1n) is 6.84. The number of fused-ring (bicyclic) bond motifs is 1. The van der Waals surface area contributed by atoms with Crippen LogP contribution in [0.25, 0.3) is 0 Å². The second-order valence-corrected chi connectivity index (χ2v) is 6.05. The van der Waals surface area contributed by atoms with Gasteiger partial charge in [-0.3, -0.25) is 0 Å². The largest absolute Gasteiger partial charge is 0.303 e. The summed E-state index contributed by atoms with van der Waals surface area (Å²) in [6.07, 6.45) is 2.39. The Bertz CT molecular complexity index is 579. The van der Waals surface area contributed by atoms with Gasteiger partial charge in [0.25, 0.3) is 0 Å². The highest BCUT2D eigenvalue weighted by molar-refractivity contribution is 9.10. The monoisotopic (exact) mass is 315 g/mol. The average molecular weight is 316 g/mol. The number of benzene rings is 2. The number of halogens is 1. The van der Waals surface area contributed by atoms with Crippen LogP contribution in [0, 0.1) is 0 Å². The molecule has 0 aromatic heterocycles. The molecule has 19 heavy (non-hydrogen) atoms. The van der Waals surface area contributed by atoms with Crippen molar-refractivity contribution in [3.8, 4) is 0 Å². The van der Waals surface area contributed by atoms with Gasteiger partial charge in [-0.1, -0.05) is 58.4 Å². The Hall–Kier alpha value is -1.12. The Morgan fingerprint density at radius 2 is 1.84 bits per heavy atom. The van der Waals surface area contributed by atoms with Crippen LogP contribution in [-0.4, -0.2) is 0 Å². The molecule has 1 aliphatic rings. The van der Waals surface area contributed by atoms with Gasteiger partial charge in [0.05, 0.1) is 0 Å². The van der Waals surface area contributed by atoms with Crippen LogP contribution in [0.3, 0.4) is 0 Å². The van der Waals surface area contributed by atoms with E-state index in [0.29, 0.717) is 12.1 Å². The molecule has 98 valence electrons. The van der Waals surface area contributed by atoms with Crippen molar-refractivity contribution in [3.63, 3.8) is 0 Å².